The average molecular weight is 194 g/mol. The Morgan fingerprint density at radius 2 is 2.00 bits per heavy atom. The third-order valence-electron chi connectivity index (χ3n) is 3.51. The van der Waals surface area contributed by atoms with Crippen LogP contribution < -0.4 is 5.32 Å². The molecule has 0 bridgehead atoms. The molecule has 0 spiro atoms. The fourth-order valence-electron chi connectivity index (χ4n) is 2.29. The van der Waals surface area contributed by atoms with E-state index in [2.05, 4.69) is 12.2 Å². The first kappa shape index (κ1) is 10.3. The van der Waals surface area contributed by atoms with E-state index in [1.807, 2.05) is 0 Å². The molecule has 0 aromatic heterocycles. The Morgan fingerprint density at radius 3 is 2.33 bits per heavy atom. The molecule has 1 aliphatic carbocycles. The van der Waals surface area contributed by atoms with Gasteiger partial charge < -0.3 is 5.32 Å². The van der Waals surface area contributed by atoms with Gasteiger partial charge in [-0.15, -0.1) is 12.4 Å². The van der Waals surface area contributed by atoms with Crippen molar-refractivity contribution >= 4 is 12.4 Å². The molecule has 1 aliphatic heterocycles. The number of hydrogen-bond donors (Lipinski definition) is 1. The van der Waals surface area contributed by atoms with E-state index < -0.39 is 6.17 Å². The molecule has 2 rings (SSSR count). The molecule has 0 aromatic carbocycles. The lowest BCUT2D eigenvalue weighted by Gasteiger charge is -2.41. The van der Waals surface area contributed by atoms with Crippen molar-refractivity contribution in [1.82, 2.24) is 5.32 Å². The molecule has 1 saturated heterocycles. The van der Waals surface area contributed by atoms with Gasteiger partial charge in [-0.25, -0.2) is 4.39 Å². The summed E-state index contributed by atoms with van der Waals surface area (Å²) in [5.41, 5.74) is -0.168. The van der Waals surface area contributed by atoms with Crippen molar-refractivity contribution < 1.29 is 4.39 Å². The molecule has 1 nitrogen and oxygen atoms in total. The van der Waals surface area contributed by atoms with E-state index in [9.17, 15) is 4.39 Å². The standard InChI is InChI=1S/C9H16FN.ClH/c1-9(7-3-2-4-7)8(10)5-6-11-9;/h7-8,11H,2-6H2,1H3;1H. The summed E-state index contributed by atoms with van der Waals surface area (Å²) in [5.74, 6) is 0.611. The predicted octanol–water partition coefficient (Wildman–Crippen LogP) is 2.30. The van der Waals surface area contributed by atoms with Crippen LogP contribution >= 0.6 is 12.4 Å². The molecule has 2 aliphatic rings. The molecule has 12 heavy (non-hydrogen) atoms. The predicted molar refractivity (Wildman–Crippen MR) is 50.5 cm³/mol. The zero-order valence-electron chi connectivity index (χ0n) is 7.48. The number of nitrogens with one attached hydrogen (secondary N) is 1. The number of rotatable bonds is 1. The van der Waals surface area contributed by atoms with Crippen LogP contribution in [-0.2, 0) is 0 Å². The smallest absolute Gasteiger partial charge is 0.119 e. The lowest BCUT2D eigenvalue weighted by atomic mass is 9.70. The fourth-order valence-corrected chi connectivity index (χ4v) is 2.29. The molecule has 2 fully saturated rings. The van der Waals surface area contributed by atoms with Gasteiger partial charge in [0.05, 0.1) is 0 Å². The molecule has 2 atom stereocenters. The van der Waals surface area contributed by atoms with Crippen LogP contribution in [0.25, 0.3) is 0 Å². The van der Waals surface area contributed by atoms with Crippen LogP contribution in [0.2, 0.25) is 0 Å². The van der Waals surface area contributed by atoms with Gasteiger partial charge in [0.1, 0.15) is 6.17 Å². The molecule has 1 saturated carbocycles. The van der Waals surface area contributed by atoms with Gasteiger partial charge in [-0.2, -0.15) is 0 Å². The maximum absolute atomic E-state index is 13.4. The maximum atomic E-state index is 13.4. The van der Waals surface area contributed by atoms with Crippen molar-refractivity contribution in [3.05, 3.63) is 0 Å². The molecule has 0 radical (unpaired) electrons. The maximum Gasteiger partial charge on any atom is 0.119 e. The van der Waals surface area contributed by atoms with Gasteiger partial charge in [-0.1, -0.05) is 6.42 Å². The second-order valence-electron chi connectivity index (χ2n) is 4.09. The number of halogens is 2. The SMILES string of the molecule is CC1(C2CCC2)NCCC1F.Cl. The van der Waals surface area contributed by atoms with E-state index in [1.54, 1.807) is 0 Å². The van der Waals surface area contributed by atoms with Crippen LogP contribution in [0.1, 0.15) is 32.6 Å². The quantitative estimate of drug-likeness (QED) is 0.674. The molecule has 0 amide bonds. The van der Waals surface area contributed by atoms with Gasteiger partial charge in [-0.3, -0.25) is 0 Å². The number of alkyl halides is 1. The van der Waals surface area contributed by atoms with Crippen LogP contribution in [0, 0.1) is 5.92 Å². The summed E-state index contributed by atoms with van der Waals surface area (Å²) < 4.78 is 13.4. The Hall–Kier alpha value is 0.180. The van der Waals surface area contributed by atoms with Crippen molar-refractivity contribution in [2.24, 2.45) is 5.92 Å². The zero-order valence-corrected chi connectivity index (χ0v) is 8.29. The van der Waals surface area contributed by atoms with E-state index in [-0.39, 0.29) is 17.9 Å². The van der Waals surface area contributed by atoms with Crippen molar-refractivity contribution in [3.8, 4) is 0 Å². The lowest BCUT2D eigenvalue weighted by Crippen LogP contribution is -2.52. The van der Waals surface area contributed by atoms with E-state index >= 15 is 0 Å². The molecule has 1 N–H and O–H groups in total. The summed E-state index contributed by atoms with van der Waals surface area (Å²) in [7, 11) is 0. The highest BCUT2D eigenvalue weighted by Crippen LogP contribution is 2.41. The Kier molecular flexibility index (Phi) is 3.00. The molecule has 0 aromatic rings. The molecule has 1 heterocycles. The van der Waals surface area contributed by atoms with E-state index in [0.717, 1.165) is 6.54 Å². The lowest BCUT2D eigenvalue weighted by molar-refractivity contribution is 0.0922. The summed E-state index contributed by atoms with van der Waals surface area (Å²) >= 11 is 0. The van der Waals surface area contributed by atoms with Gasteiger partial charge in [0.15, 0.2) is 0 Å². The second kappa shape index (κ2) is 3.51. The first-order valence-electron chi connectivity index (χ1n) is 4.62. The van der Waals surface area contributed by atoms with Crippen LogP contribution in [0.4, 0.5) is 4.39 Å². The minimum Gasteiger partial charge on any atom is -0.309 e. The van der Waals surface area contributed by atoms with E-state index in [1.165, 1.54) is 19.3 Å². The highest BCUT2D eigenvalue weighted by Gasteiger charge is 2.46. The molecule has 3 heteroatoms. The van der Waals surface area contributed by atoms with E-state index in [4.69, 9.17) is 0 Å². The summed E-state index contributed by atoms with van der Waals surface area (Å²) in [5, 5.41) is 3.31. The Bertz CT molecular complexity index is 161. The summed E-state index contributed by atoms with van der Waals surface area (Å²) in [6, 6.07) is 0. The second-order valence-corrected chi connectivity index (χ2v) is 4.09. The zero-order chi connectivity index (χ0) is 7.90. The monoisotopic (exact) mass is 193 g/mol. The minimum atomic E-state index is -0.604. The third-order valence-corrected chi connectivity index (χ3v) is 3.51. The van der Waals surface area contributed by atoms with Crippen LogP contribution in [0.3, 0.4) is 0 Å². The van der Waals surface area contributed by atoms with Crippen molar-refractivity contribution in [2.75, 3.05) is 6.54 Å². The Labute approximate surface area is 79.5 Å². The average Bonchev–Trinajstić information content (AvgIpc) is 2.09. The molecule has 72 valence electrons. The van der Waals surface area contributed by atoms with Gasteiger partial charge in [0.25, 0.3) is 0 Å². The topological polar surface area (TPSA) is 12.0 Å². The van der Waals surface area contributed by atoms with Gasteiger partial charge in [0, 0.05) is 5.54 Å². The minimum absolute atomic E-state index is 0. The normalized spacial score (nSPS) is 42.0. The van der Waals surface area contributed by atoms with Crippen LogP contribution in [-0.4, -0.2) is 18.3 Å². The van der Waals surface area contributed by atoms with Gasteiger partial charge in [-0.05, 0) is 38.6 Å². The van der Waals surface area contributed by atoms with Crippen molar-refractivity contribution in [1.29, 1.82) is 0 Å². The summed E-state index contributed by atoms with van der Waals surface area (Å²) in [6.07, 6.45) is 3.86. The van der Waals surface area contributed by atoms with E-state index in [0.29, 0.717) is 12.3 Å². The highest BCUT2D eigenvalue weighted by atomic mass is 35.5. The molecular weight excluding hydrogens is 177 g/mol. The van der Waals surface area contributed by atoms with Crippen LogP contribution in [0.15, 0.2) is 0 Å². The van der Waals surface area contributed by atoms with Crippen LogP contribution in [0.5, 0.6) is 0 Å². The van der Waals surface area contributed by atoms with Crippen molar-refractivity contribution in [2.45, 2.75) is 44.3 Å². The van der Waals surface area contributed by atoms with Gasteiger partial charge >= 0.3 is 0 Å². The first-order valence-corrected chi connectivity index (χ1v) is 4.62. The third kappa shape index (κ3) is 1.35. The molecule has 2 unspecified atom stereocenters. The number of hydrogen-bond acceptors (Lipinski definition) is 1. The summed E-state index contributed by atoms with van der Waals surface area (Å²) in [4.78, 5) is 0. The highest BCUT2D eigenvalue weighted by molar-refractivity contribution is 5.85. The fraction of sp³-hybridized carbons (Fsp3) is 1.00. The Balaban J connectivity index is 0.000000720. The van der Waals surface area contributed by atoms with Crippen molar-refractivity contribution in [3.63, 3.8) is 0 Å². The Morgan fingerprint density at radius 1 is 1.33 bits per heavy atom. The first-order chi connectivity index (χ1) is 5.23. The summed E-state index contributed by atoms with van der Waals surface area (Å²) in [6.45, 7) is 2.92. The molecular formula is C9H17ClFN. The largest absolute Gasteiger partial charge is 0.309 e. The van der Waals surface area contributed by atoms with Gasteiger partial charge in [0.2, 0.25) is 0 Å².